The lowest BCUT2D eigenvalue weighted by Crippen LogP contribution is -2.59. The molecule has 2 amide bonds. The fourth-order valence-corrected chi connectivity index (χ4v) is 5.12. The molecule has 1 saturated carbocycles. The topological polar surface area (TPSA) is 90.9 Å². The van der Waals surface area contributed by atoms with Crippen molar-refractivity contribution in [2.75, 3.05) is 19.6 Å². The highest BCUT2D eigenvalue weighted by Crippen LogP contribution is 2.52. The number of benzene rings is 2. The number of carbonyl (C=O) groups excluding carboxylic acids is 2. The predicted octanol–water partition coefficient (Wildman–Crippen LogP) is 3.15. The third kappa shape index (κ3) is 4.86. The van der Waals surface area contributed by atoms with E-state index in [0.717, 1.165) is 42.7 Å². The van der Waals surface area contributed by atoms with Gasteiger partial charge in [-0.3, -0.25) is 14.8 Å². The van der Waals surface area contributed by atoms with E-state index in [9.17, 15) is 14.8 Å². The first-order chi connectivity index (χ1) is 16.6. The van der Waals surface area contributed by atoms with Gasteiger partial charge < -0.3 is 15.0 Å². The van der Waals surface area contributed by atoms with E-state index in [1.165, 1.54) is 5.57 Å². The summed E-state index contributed by atoms with van der Waals surface area (Å²) in [5.41, 5.74) is 5.30. The van der Waals surface area contributed by atoms with E-state index in [2.05, 4.69) is 17.5 Å². The molecule has 3 N–H and O–H groups in total. The Balaban J connectivity index is 1.22. The molecule has 1 saturated heterocycles. The molecule has 5 rings (SSSR count). The lowest BCUT2D eigenvalue weighted by molar-refractivity contribution is -0.144. The molecule has 7 nitrogen and oxygen atoms in total. The predicted molar refractivity (Wildman–Crippen MR) is 128 cm³/mol. The Hall–Kier alpha value is -3.16. The molecule has 0 bridgehead atoms. The van der Waals surface area contributed by atoms with Crippen molar-refractivity contribution < 1.29 is 19.5 Å². The Labute approximate surface area is 199 Å². The molecular formula is C27H31N3O4. The Kier molecular flexibility index (Phi) is 6.39. The van der Waals surface area contributed by atoms with Crippen molar-refractivity contribution in [2.24, 2.45) is 11.3 Å². The van der Waals surface area contributed by atoms with Gasteiger partial charge in [-0.15, -0.1) is 0 Å². The van der Waals surface area contributed by atoms with Crippen LogP contribution in [0.2, 0.25) is 0 Å². The Bertz CT molecular complexity index is 1080. The van der Waals surface area contributed by atoms with Gasteiger partial charge in [0.2, 0.25) is 11.8 Å². The minimum Gasteiger partial charge on any atom is -0.489 e. The van der Waals surface area contributed by atoms with E-state index in [1.807, 2.05) is 48.5 Å². The maximum Gasteiger partial charge on any atom is 0.248 e. The molecule has 0 radical (unpaired) electrons. The number of hydroxylamine groups is 1. The summed E-state index contributed by atoms with van der Waals surface area (Å²) in [5, 5.41) is 12.5. The van der Waals surface area contributed by atoms with Crippen molar-refractivity contribution in [3.05, 3.63) is 71.8 Å². The third-order valence-electron chi connectivity index (χ3n) is 7.40. The van der Waals surface area contributed by atoms with Crippen LogP contribution in [0.3, 0.4) is 0 Å². The molecule has 7 heteroatoms. The van der Waals surface area contributed by atoms with E-state index in [-0.39, 0.29) is 11.3 Å². The largest absolute Gasteiger partial charge is 0.489 e. The SMILES string of the molecule is O=C(NO)C1CC2(CC2)CNC1C(=O)N1CC=C(c2cccc(OCc3ccccc3)c2)CC1. The van der Waals surface area contributed by atoms with Crippen LogP contribution in [0.25, 0.3) is 5.57 Å². The molecule has 2 fully saturated rings. The average Bonchev–Trinajstić information content (AvgIpc) is 3.65. The molecule has 0 aromatic heterocycles. The Morgan fingerprint density at radius 3 is 2.68 bits per heavy atom. The molecule has 2 aromatic rings. The van der Waals surface area contributed by atoms with Crippen molar-refractivity contribution in [1.29, 1.82) is 0 Å². The molecule has 178 valence electrons. The van der Waals surface area contributed by atoms with Crippen LogP contribution < -0.4 is 15.5 Å². The number of hydrogen-bond acceptors (Lipinski definition) is 5. The summed E-state index contributed by atoms with van der Waals surface area (Å²) in [6.07, 6.45) is 5.61. The highest BCUT2D eigenvalue weighted by atomic mass is 16.5. The first kappa shape index (κ1) is 22.6. The summed E-state index contributed by atoms with van der Waals surface area (Å²) >= 11 is 0. The number of nitrogens with one attached hydrogen (secondary N) is 2. The van der Waals surface area contributed by atoms with Gasteiger partial charge in [-0.2, -0.15) is 0 Å². The first-order valence-corrected chi connectivity index (χ1v) is 12.0. The standard InChI is InChI=1S/C27H31N3O4/c31-25(29-33)23-16-27(11-12-27)18-28-24(23)26(32)30-13-9-20(10-14-30)21-7-4-8-22(15-21)34-17-19-5-2-1-3-6-19/h1-9,15,23-24,28,33H,10-14,16-18H2,(H,29,31). The van der Waals surface area contributed by atoms with Crippen molar-refractivity contribution in [3.8, 4) is 5.75 Å². The van der Waals surface area contributed by atoms with Crippen LogP contribution >= 0.6 is 0 Å². The van der Waals surface area contributed by atoms with Crippen LogP contribution in [0.4, 0.5) is 0 Å². The van der Waals surface area contributed by atoms with Crippen LogP contribution in [0.5, 0.6) is 5.75 Å². The van der Waals surface area contributed by atoms with Gasteiger partial charge in [0.1, 0.15) is 12.4 Å². The summed E-state index contributed by atoms with van der Waals surface area (Å²) in [6.45, 7) is 2.36. The minimum absolute atomic E-state index is 0.0701. The van der Waals surface area contributed by atoms with Gasteiger partial charge in [-0.05, 0) is 59.9 Å². The van der Waals surface area contributed by atoms with Crippen LogP contribution in [0.1, 0.15) is 36.8 Å². The second kappa shape index (κ2) is 9.60. The molecular weight excluding hydrogens is 430 g/mol. The van der Waals surface area contributed by atoms with Gasteiger partial charge in [0.15, 0.2) is 0 Å². The zero-order valence-electron chi connectivity index (χ0n) is 19.2. The molecule has 2 unspecified atom stereocenters. The quantitative estimate of drug-likeness (QED) is 0.454. The summed E-state index contributed by atoms with van der Waals surface area (Å²) in [7, 11) is 0. The molecule has 34 heavy (non-hydrogen) atoms. The fraction of sp³-hybridized carbons (Fsp3) is 0.407. The number of piperidine rings is 1. The number of ether oxygens (including phenoxy) is 1. The first-order valence-electron chi connectivity index (χ1n) is 12.0. The molecule has 2 aromatic carbocycles. The number of rotatable bonds is 6. The lowest BCUT2D eigenvalue weighted by Gasteiger charge is -2.38. The van der Waals surface area contributed by atoms with Crippen molar-refractivity contribution in [3.63, 3.8) is 0 Å². The van der Waals surface area contributed by atoms with Gasteiger partial charge in [-0.25, -0.2) is 5.48 Å². The van der Waals surface area contributed by atoms with Crippen molar-refractivity contribution in [1.82, 2.24) is 15.7 Å². The zero-order valence-corrected chi connectivity index (χ0v) is 19.2. The van der Waals surface area contributed by atoms with Crippen LogP contribution in [-0.2, 0) is 16.2 Å². The second-order valence-electron chi connectivity index (χ2n) is 9.71. The number of amides is 2. The van der Waals surface area contributed by atoms with Crippen LogP contribution in [0, 0.1) is 11.3 Å². The Morgan fingerprint density at radius 2 is 1.97 bits per heavy atom. The smallest absolute Gasteiger partial charge is 0.248 e. The molecule has 1 aliphatic carbocycles. The third-order valence-corrected chi connectivity index (χ3v) is 7.40. The molecule has 1 spiro atoms. The maximum atomic E-state index is 13.3. The average molecular weight is 462 g/mol. The van der Waals surface area contributed by atoms with Crippen LogP contribution in [0.15, 0.2) is 60.7 Å². The normalized spacial score (nSPS) is 23.2. The summed E-state index contributed by atoms with van der Waals surface area (Å²) in [6, 6.07) is 17.5. The van der Waals surface area contributed by atoms with E-state index < -0.39 is 17.9 Å². The van der Waals surface area contributed by atoms with E-state index >= 15 is 0 Å². The zero-order chi connectivity index (χ0) is 23.5. The van der Waals surface area contributed by atoms with Crippen LogP contribution in [-0.4, -0.2) is 47.6 Å². The maximum absolute atomic E-state index is 13.3. The molecule has 2 atom stereocenters. The monoisotopic (exact) mass is 461 g/mol. The highest BCUT2D eigenvalue weighted by molar-refractivity contribution is 5.90. The van der Waals surface area contributed by atoms with Crippen molar-refractivity contribution in [2.45, 2.75) is 38.3 Å². The Morgan fingerprint density at radius 1 is 1.15 bits per heavy atom. The van der Waals surface area contributed by atoms with Crippen molar-refractivity contribution >= 4 is 17.4 Å². The summed E-state index contributed by atoms with van der Waals surface area (Å²) < 4.78 is 5.97. The van der Waals surface area contributed by atoms with Gasteiger partial charge in [0, 0.05) is 19.6 Å². The molecule has 2 aliphatic heterocycles. The highest BCUT2D eigenvalue weighted by Gasteiger charge is 2.52. The summed E-state index contributed by atoms with van der Waals surface area (Å²) in [4.78, 5) is 27.4. The minimum atomic E-state index is -0.594. The van der Waals surface area contributed by atoms with Gasteiger partial charge in [-0.1, -0.05) is 48.5 Å². The van der Waals surface area contributed by atoms with E-state index in [0.29, 0.717) is 26.1 Å². The summed E-state index contributed by atoms with van der Waals surface area (Å²) in [5.74, 6) is -0.270. The van der Waals surface area contributed by atoms with Gasteiger partial charge in [0.25, 0.3) is 0 Å². The lowest BCUT2D eigenvalue weighted by atomic mass is 9.81. The number of nitrogens with zero attached hydrogens (tertiary/aromatic N) is 1. The van der Waals surface area contributed by atoms with Gasteiger partial charge >= 0.3 is 0 Å². The second-order valence-corrected chi connectivity index (χ2v) is 9.71. The van der Waals surface area contributed by atoms with E-state index in [4.69, 9.17) is 4.74 Å². The van der Waals surface area contributed by atoms with Gasteiger partial charge in [0.05, 0.1) is 12.0 Å². The molecule has 3 aliphatic rings. The number of carbonyl (C=O) groups is 2. The molecule has 2 heterocycles. The van der Waals surface area contributed by atoms with E-state index in [1.54, 1.807) is 10.4 Å². The number of hydrogen-bond donors (Lipinski definition) is 3. The fourth-order valence-electron chi connectivity index (χ4n) is 5.12.